The molecular formula is C34H45BrN6O7. The van der Waals surface area contributed by atoms with Crippen molar-refractivity contribution >= 4 is 50.7 Å². The molecule has 5 rings (SSSR count). The topological polar surface area (TPSA) is 156 Å². The summed E-state index contributed by atoms with van der Waals surface area (Å²) < 4.78 is 14.1. The number of fused-ring (bicyclic) bond motifs is 2. The van der Waals surface area contributed by atoms with Crippen molar-refractivity contribution < 1.29 is 33.8 Å². The molecule has 3 amide bonds. The number of aromatic nitrogens is 3. The normalized spacial score (nSPS) is 27.2. The third kappa shape index (κ3) is 6.66. The number of nitrogens with one attached hydrogen (secondary N) is 1. The summed E-state index contributed by atoms with van der Waals surface area (Å²) >= 11 is 3.69. The molecule has 4 heterocycles. The third-order valence-corrected chi connectivity index (χ3v) is 10.3. The van der Waals surface area contributed by atoms with Crippen LogP contribution in [0.4, 0.5) is 0 Å². The van der Waals surface area contributed by atoms with Crippen molar-refractivity contribution in [1.82, 2.24) is 30.1 Å². The Labute approximate surface area is 288 Å². The van der Waals surface area contributed by atoms with Gasteiger partial charge in [0.05, 0.1) is 42.6 Å². The van der Waals surface area contributed by atoms with Gasteiger partial charge in [0.15, 0.2) is 0 Å². The van der Waals surface area contributed by atoms with Gasteiger partial charge in [0.1, 0.15) is 29.9 Å². The Morgan fingerprint density at radius 3 is 2.69 bits per heavy atom. The van der Waals surface area contributed by atoms with Gasteiger partial charge in [0, 0.05) is 17.8 Å². The molecule has 48 heavy (non-hydrogen) atoms. The van der Waals surface area contributed by atoms with E-state index in [0.717, 1.165) is 5.52 Å². The van der Waals surface area contributed by atoms with Crippen LogP contribution in [-0.2, 0) is 35.3 Å². The number of hydrogen-bond acceptors (Lipinski definition) is 9. The second-order valence-electron chi connectivity index (χ2n) is 13.3. The molecule has 13 nitrogen and oxygen atoms in total. The molecule has 1 aromatic carbocycles. The number of para-hydroxylation sites is 1. The molecule has 8 atom stereocenters. The number of aliphatic hydroxyl groups excluding tert-OH is 1. The quantitative estimate of drug-likeness (QED) is 0.151. The van der Waals surface area contributed by atoms with Crippen molar-refractivity contribution in [3.63, 3.8) is 0 Å². The van der Waals surface area contributed by atoms with Crippen LogP contribution in [0.5, 0.6) is 0 Å². The zero-order chi connectivity index (χ0) is 34.7. The van der Waals surface area contributed by atoms with Crippen LogP contribution >= 0.6 is 15.9 Å². The molecule has 0 radical (unpaired) electrons. The number of nitrogens with zero attached hydrogens (tertiary/aromatic N) is 5. The van der Waals surface area contributed by atoms with Crippen molar-refractivity contribution in [2.45, 2.75) is 87.8 Å². The zero-order valence-electron chi connectivity index (χ0n) is 27.7. The standard InChI is InChI=1S/C34H45BrN6O7/c1-6-8-13-26(43)36-17-21(5)47-33(46)27-28-31(44)41(22(18-42)15-20(3)4)30(34(28)16-23(35)29(27)48-34)32(45)39(14-7-2)19-40-25-12-10-9-11-24(25)37-38-40/h6-7,9-12,20-23,27-30,42H,1-2,8,13-19H2,3-5H3,(H,36,43)/t21-,22-,23?,27+,28-,29+,30+,34-/m1/s1. The molecule has 2 bridgehead atoms. The summed E-state index contributed by atoms with van der Waals surface area (Å²) in [7, 11) is 0. The summed E-state index contributed by atoms with van der Waals surface area (Å²) in [4.78, 5) is 58.1. The summed E-state index contributed by atoms with van der Waals surface area (Å²) in [6.07, 6.45) is 3.39. The molecule has 2 aromatic rings. The SMILES string of the molecule is C=CCCC(=O)NC[C@@H](C)OC(=O)[C@@H]1[C@H]2O[C@@]3(CC2Br)[C@H](C(=O)N(CC=C)Cn2nnc4ccccc42)N([C@@H](CO)CC(C)C)C(=O)[C@@H]13. The van der Waals surface area contributed by atoms with Gasteiger partial charge >= 0.3 is 5.97 Å². The van der Waals surface area contributed by atoms with Crippen LogP contribution in [0, 0.1) is 17.8 Å². The van der Waals surface area contributed by atoms with Gasteiger partial charge in [-0.15, -0.1) is 18.3 Å². The third-order valence-electron chi connectivity index (χ3n) is 9.45. The first-order valence-electron chi connectivity index (χ1n) is 16.5. The minimum atomic E-state index is -1.35. The lowest BCUT2D eigenvalue weighted by Gasteiger charge is -2.39. The summed E-state index contributed by atoms with van der Waals surface area (Å²) in [5, 5.41) is 21.9. The highest BCUT2D eigenvalue weighted by atomic mass is 79.9. The molecule has 1 unspecified atom stereocenters. The van der Waals surface area contributed by atoms with Gasteiger partial charge < -0.3 is 29.7 Å². The van der Waals surface area contributed by atoms with Crippen LogP contribution in [0.2, 0.25) is 0 Å². The Hall–Kier alpha value is -3.62. The van der Waals surface area contributed by atoms with Gasteiger partial charge in [-0.1, -0.05) is 59.3 Å². The Morgan fingerprint density at radius 2 is 2.00 bits per heavy atom. The summed E-state index contributed by atoms with van der Waals surface area (Å²) in [5.41, 5.74) is 0.0479. The number of carbonyl (C=O) groups excluding carboxylic acids is 4. The van der Waals surface area contributed by atoms with Gasteiger partial charge in [-0.2, -0.15) is 0 Å². The number of halogens is 1. The molecule has 14 heteroatoms. The molecule has 1 spiro atoms. The van der Waals surface area contributed by atoms with Crippen molar-refractivity contribution in [3.05, 3.63) is 49.6 Å². The molecule has 3 saturated heterocycles. The van der Waals surface area contributed by atoms with E-state index in [1.54, 1.807) is 28.7 Å². The fraction of sp³-hybridized carbons (Fsp3) is 0.588. The highest BCUT2D eigenvalue weighted by Gasteiger charge is 2.77. The van der Waals surface area contributed by atoms with Crippen LogP contribution < -0.4 is 5.32 Å². The largest absolute Gasteiger partial charge is 0.460 e. The van der Waals surface area contributed by atoms with Crippen LogP contribution in [0.1, 0.15) is 46.5 Å². The van der Waals surface area contributed by atoms with E-state index in [4.69, 9.17) is 9.47 Å². The van der Waals surface area contributed by atoms with E-state index in [9.17, 15) is 24.3 Å². The molecule has 3 aliphatic heterocycles. The van der Waals surface area contributed by atoms with Crippen molar-refractivity contribution in [2.24, 2.45) is 17.8 Å². The van der Waals surface area contributed by atoms with Crippen molar-refractivity contribution in [1.29, 1.82) is 0 Å². The first-order chi connectivity index (χ1) is 23.0. The minimum Gasteiger partial charge on any atom is -0.460 e. The Kier molecular flexibility index (Phi) is 11.1. The number of ether oxygens (including phenoxy) is 2. The maximum absolute atomic E-state index is 14.9. The predicted molar refractivity (Wildman–Crippen MR) is 180 cm³/mol. The molecule has 0 aliphatic carbocycles. The van der Waals surface area contributed by atoms with E-state index >= 15 is 0 Å². The highest BCUT2D eigenvalue weighted by Crippen LogP contribution is 2.61. The zero-order valence-corrected chi connectivity index (χ0v) is 29.3. The predicted octanol–water partition coefficient (Wildman–Crippen LogP) is 2.57. The van der Waals surface area contributed by atoms with Crippen LogP contribution in [-0.4, -0.2) is 108 Å². The number of alkyl halides is 1. The van der Waals surface area contributed by atoms with Gasteiger partial charge in [0.2, 0.25) is 17.7 Å². The Bertz CT molecular complexity index is 1550. The van der Waals surface area contributed by atoms with Gasteiger partial charge in [0.25, 0.3) is 0 Å². The lowest BCUT2D eigenvalue weighted by Crippen LogP contribution is -2.59. The second kappa shape index (κ2) is 14.9. The van der Waals surface area contributed by atoms with Crippen LogP contribution in [0.15, 0.2) is 49.6 Å². The van der Waals surface area contributed by atoms with E-state index in [0.29, 0.717) is 24.8 Å². The molecule has 2 N–H and O–H groups in total. The number of aliphatic hydroxyl groups is 1. The summed E-state index contributed by atoms with van der Waals surface area (Å²) in [6.45, 7) is 13.0. The van der Waals surface area contributed by atoms with E-state index in [-0.39, 0.29) is 49.4 Å². The van der Waals surface area contributed by atoms with Gasteiger partial charge in [-0.3, -0.25) is 19.2 Å². The Balaban J connectivity index is 1.47. The molecule has 0 saturated carbocycles. The monoisotopic (exact) mass is 728 g/mol. The average Bonchev–Trinajstić information content (AvgIpc) is 3.78. The van der Waals surface area contributed by atoms with Gasteiger partial charge in [-0.05, 0) is 44.2 Å². The smallest absolute Gasteiger partial charge is 0.312 e. The van der Waals surface area contributed by atoms with Crippen molar-refractivity contribution in [3.8, 4) is 0 Å². The van der Waals surface area contributed by atoms with E-state index in [1.807, 2.05) is 38.1 Å². The fourth-order valence-electron chi connectivity index (χ4n) is 7.46. The molecule has 260 valence electrons. The molecular weight excluding hydrogens is 684 g/mol. The number of likely N-dealkylation sites (tertiary alicyclic amines) is 1. The number of allylic oxidation sites excluding steroid dienone is 1. The number of amides is 3. The lowest BCUT2D eigenvalue weighted by molar-refractivity contribution is -0.160. The maximum atomic E-state index is 14.9. The highest BCUT2D eigenvalue weighted by molar-refractivity contribution is 9.09. The minimum absolute atomic E-state index is 0.0291. The van der Waals surface area contributed by atoms with E-state index in [2.05, 4.69) is 44.7 Å². The first-order valence-corrected chi connectivity index (χ1v) is 17.4. The van der Waals surface area contributed by atoms with Gasteiger partial charge in [-0.25, -0.2) is 4.68 Å². The number of benzene rings is 1. The van der Waals surface area contributed by atoms with E-state index < -0.39 is 59.5 Å². The number of hydrogen-bond donors (Lipinski definition) is 2. The van der Waals surface area contributed by atoms with E-state index in [1.165, 1.54) is 4.90 Å². The average molecular weight is 730 g/mol. The number of carbonyl (C=O) groups is 4. The first kappa shape index (κ1) is 35.7. The summed E-state index contributed by atoms with van der Waals surface area (Å²) in [5.74, 6) is -3.56. The van der Waals surface area contributed by atoms with Crippen LogP contribution in [0.25, 0.3) is 11.0 Å². The second-order valence-corrected chi connectivity index (χ2v) is 14.5. The van der Waals surface area contributed by atoms with Crippen LogP contribution in [0.3, 0.4) is 0 Å². The number of esters is 1. The number of rotatable bonds is 16. The lowest BCUT2D eigenvalue weighted by atomic mass is 9.70. The summed E-state index contributed by atoms with van der Waals surface area (Å²) in [6, 6.07) is 5.57. The Morgan fingerprint density at radius 1 is 1.25 bits per heavy atom. The maximum Gasteiger partial charge on any atom is 0.312 e. The molecule has 1 aromatic heterocycles. The van der Waals surface area contributed by atoms with Crippen molar-refractivity contribution in [2.75, 3.05) is 19.7 Å². The molecule has 3 fully saturated rings. The molecule has 3 aliphatic rings. The fourth-order valence-corrected chi connectivity index (χ4v) is 8.40.